The highest BCUT2D eigenvalue weighted by Crippen LogP contribution is 2.33. The molecule has 1 aromatic heterocycles. The predicted molar refractivity (Wildman–Crippen MR) is 116 cm³/mol. The van der Waals surface area contributed by atoms with Crippen LogP contribution in [0.1, 0.15) is 17.7 Å². The van der Waals surface area contributed by atoms with Crippen LogP contribution in [0.2, 0.25) is 0 Å². The Bertz CT molecular complexity index is 848. The van der Waals surface area contributed by atoms with Crippen LogP contribution in [0.4, 0.5) is 5.69 Å². The number of thioether (sulfide) groups is 1. The Hall–Kier alpha value is -1.48. The van der Waals surface area contributed by atoms with Gasteiger partial charge in [0.1, 0.15) is 4.32 Å². The van der Waals surface area contributed by atoms with Gasteiger partial charge < -0.3 is 5.32 Å². The molecule has 3 rings (SSSR count). The second kappa shape index (κ2) is 8.94. The summed E-state index contributed by atoms with van der Waals surface area (Å²) in [5.41, 5.74) is 0.752. The molecule has 1 aliphatic rings. The minimum atomic E-state index is -0.0817. The first kappa shape index (κ1) is 19.3. The molecule has 0 radical (unpaired) electrons. The maximum atomic E-state index is 12.5. The summed E-state index contributed by atoms with van der Waals surface area (Å²) in [6.45, 7) is 0.445. The Kier molecular flexibility index (Phi) is 6.63. The van der Waals surface area contributed by atoms with Gasteiger partial charge in [0, 0.05) is 28.0 Å². The Balaban J connectivity index is 1.50. The molecule has 1 N–H and O–H groups in total. The number of hydrogen-bond acceptors (Lipinski definition) is 5. The van der Waals surface area contributed by atoms with Gasteiger partial charge in [0.15, 0.2) is 0 Å². The standard InChI is InChI=1S/C18H15BrN2O2S3/c19-12-5-7-13(8-6-12)20-16(22)4-1-9-21-17(23)15(26-18(21)24)11-14-3-2-10-25-14/h2-3,5-8,10-11H,1,4,9H2,(H,20,22). The molecule has 2 heterocycles. The molecule has 0 bridgehead atoms. The van der Waals surface area contributed by atoms with Gasteiger partial charge in [0.25, 0.3) is 5.91 Å². The first-order valence-electron chi connectivity index (χ1n) is 7.87. The van der Waals surface area contributed by atoms with Crippen molar-refractivity contribution in [2.75, 3.05) is 11.9 Å². The van der Waals surface area contributed by atoms with Gasteiger partial charge in [-0.25, -0.2) is 0 Å². The van der Waals surface area contributed by atoms with Crippen LogP contribution in [-0.2, 0) is 9.59 Å². The number of nitrogens with zero attached hydrogens (tertiary/aromatic N) is 1. The smallest absolute Gasteiger partial charge is 0.266 e. The maximum absolute atomic E-state index is 12.5. The molecule has 2 aromatic rings. The number of rotatable bonds is 6. The second-order valence-electron chi connectivity index (χ2n) is 5.51. The van der Waals surface area contributed by atoms with Crippen molar-refractivity contribution in [2.24, 2.45) is 0 Å². The van der Waals surface area contributed by atoms with Gasteiger partial charge in [0.05, 0.1) is 4.91 Å². The van der Waals surface area contributed by atoms with Gasteiger partial charge in [-0.2, -0.15) is 0 Å². The van der Waals surface area contributed by atoms with E-state index in [1.807, 2.05) is 47.9 Å². The number of hydrogen-bond donors (Lipinski definition) is 1. The molecular weight excluding hydrogens is 452 g/mol. The van der Waals surface area contributed by atoms with Crippen LogP contribution in [0.5, 0.6) is 0 Å². The Morgan fingerprint density at radius 1 is 1.27 bits per heavy atom. The second-order valence-corrected chi connectivity index (χ2v) is 9.08. The van der Waals surface area contributed by atoms with Crippen LogP contribution in [0.25, 0.3) is 6.08 Å². The summed E-state index contributed by atoms with van der Waals surface area (Å²) >= 11 is 11.6. The lowest BCUT2D eigenvalue weighted by atomic mass is 10.2. The van der Waals surface area contributed by atoms with Crippen molar-refractivity contribution in [1.82, 2.24) is 4.90 Å². The third-order valence-electron chi connectivity index (χ3n) is 3.60. The van der Waals surface area contributed by atoms with E-state index in [0.29, 0.717) is 28.6 Å². The molecule has 2 amide bonds. The molecule has 0 spiro atoms. The molecule has 0 unspecified atom stereocenters. The number of halogens is 1. The van der Waals surface area contributed by atoms with E-state index in [-0.39, 0.29) is 11.8 Å². The van der Waals surface area contributed by atoms with E-state index >= 15 is 0 Å². The Morgan fingerprint density at radius 3 is 2.73 bits per heavy atom. The summed E-state index contributed by atoms with van der Waals surface area (Å²) in [7, 11) is 0. The number of carbonyl (C=O) groups excluding carboxylic acids is 2. The zero-order valence-corrected chi connectivity index (χ0v) is 17.6. The van der Waals surface area contributed by atoms with Crippen molar-refractivity contribution in [2.45, 2.75) is 12.8 Å². The van der Waals surface area contributed by atoms with Gasteiger partial charge in [-0.15, -0.1) is 11.3 Å². The summed E-state index contributed by atoms with van der Waals surface area (Å²) in [6.07, 6.45) is 2.75. The van der Waals surface area contributed by atoms with Crippen LogP contribution in [0.3, 0.4) is 0 Å². The van der Waals surface area contributed by atoms with E-state index in [1.54, 1.807) is 16.2 Å². The predicted octanol–water partition coefficient (Wildman–Crippen LogP) is 5.13. The lowest BCUT2D eigenvalue weighted by Gasteiger charge is -2.14. The van der Waals surface area contributed by atoms with Crippen molar-refractivity contribution >= 4 is 79.1 Å². The summed E-state index contributed by atoms with van der Waals surface area (Å²) in [4.78, 5) is 27.8. The zero-order valence-electron chi connectivity index (χ0n) is 13.6. The molecule has 1 aliphatic heterocycles. The number of nitrogens with one attached hydrogen (secondary N) is 1. The molecule has 1 fully saturated rings. The summed E-state index contributed by atoms with van der Waals surface area (Å²) in [5, 5.41) is 4.81. The van der Waals surface area contributed by atoms with E-state index in [0.717, 1.165) is 15.0 Å². The Morgan fingerprint density at radius 2 is 2.04 bits per heavy atom. The summed E-state index contributed by atoms with van der Waals surface area (Å²) in [6, 6.07) is 11.3. The zero-order chi connectivity index (χ0) is 18.5. The van der Waals surface area contributed by atoms with Crippen molar-refractivity contribution < 1.29 is 9.59 Å². The van der Waals surface area contributed by atoms with Gasteiger partial charge in [-0.3, -0.25) is 14.5 Å². The quantitative estimate of drug-likeness (QED) is 0.473. The number of thiophene rings is 1. The number of thiocarbonyl (C=S) groups is 1. The molecule has 26 heavy (non-hydrogen) atoms. The molecule has 4 nitrogen and oxygen atoms in total. The lowest BCUT2D eigenvalue weighted by molar-refractivity contribution is -0.122. The van der Waals surface area contributed by atoms with Gasteiger partial charge in [-0.1, -0.05) is 46.0 Å². The van der Waals surface area contributed by atoms with Crippen LogP contribution in [0, 0.1) is 0 Å². The number of amides is 2. The first-order valence-corrected chi connectivity index (χ1v) is 10.8. The van der Waals surface area contributed by atoms with Crippen LogP contribution in [-0.4, -0.2) is 27.6 Å². The van der Waals surface area contributed by atoms with Gasteiger partial charge in [0.2, 0.25) is 5.91 Å². The molecule has 8 heteroatoms. The number of carbonyl (C=O) groups is 2. The van der Waals surface area contributed by atoms with Crippen molar-refractivity contribution in [3.63, 3.8) is 0 Å². The maximum Gasteiger partial charge on any atom is 0.266 e. The van der Waals surface area contributed by atoms with Crippen LogP contribution < -0.4 is 5.32 Å². The third kappa shape index (κ3) is 5.03. The van der Waals surface area contributed by atoms with E-state index in [4.69, 9.17) is 12.2 Å². The first-order chi connectivity index (χ1) is 12.5. The monoisotopic (exact) mass is 466 g/mol. The molecule has 1 aromatic carbocycles. The summed E-state index contributed by atoms with van der Waals surface area (Å²) < 4.78 is 1.51. The van der Waals surface area contributed by atoms with Gasteiger partial charge >= 0.3 is 0 Å². The van der Waals surface area contributed by atoms with E-state index < -0.39 is 0 Å². The van der Waals surface area contributed by atoms with Crippen molar-refractivity contribution in [3.05, 3.63) is 56.0 Å². The lowest BCUT2D eigenvalue weighted by Crippen LogP contribution is -2.29. The van der Waals surface area contributed by atoms with E-state index in [2.05, 4.69) is 21.2 Å². The average molecular weight is 467 g/mol. The molecular formula is C18H15BrN2O2S3. The van der Waals surface area contributed by atoms with Crippen LogP contribution in [0.15, 0.2) is 51.2 Å². The largest absolute Gasteiger partial charge is 0.326 e. The minimum Gasteiger partial charge on any atom is -0.326 e. The highest BCUT2D eigenvalue weighted by molar-refractivity contribution is 9.10. The SMILES string of the molecule is O=C(CCCN1C(=O)C(=Cc2cccs2)SC1=S)Nc1ccc(Br)cc1. The van der Waals surface area contributed by atoms with E-state index in [9.17, 15) is 9.59 Å². The molecule has 134 valence electrons. The molecule has 0 aliphatic carbocycles. The van der Waals surface area contributed by atoms with E-state index in [1.165, 1.54) is 11.8 Å². The average Bonchev–Trinajstić information content (AvgIpc) is 3.21. The number of anilines is 1. The molecule has 0 atom stereocenters. The minimum absolute atomic E-state index is 0.0770. The molecule has 0 saturated carbocycles. The summed E-state index contributed by atoms with van der Waals surface area (Å²) in [5.74, 6) is -0.159. The fourth-order valence-electron chi connectivity index (χ4n) is 2.35. The fourth-order valence-corrected chi connectivity index (χ4v) is 4.65. The topological polar surface area (TPSA) is 49.4 Å². The van der Waals surface area contributed by atoms with Crippen LogP contribution >= 0.6 is 51.2 Å². The number of benzene rings is 1. The van der Waals surface area contributed by atoms with Crippen molar-refractivity contribution in [1.29, 1.82) is 0 Å². The highest BCUT2D eigenvalue weighted by atomic mass is 79.9. The molecule has 1 saturated heterocycles. The van der Waals surface area contributed by atoms with Crippen molar-refractivity contribution in [3.8, 4) is 0 Å². The fraction of sp³-hybridized carbons (Fsp3) is 0.167. The van der Waals surface area contributed by atoms with Gasteiger partial charge in [-0.05, 0) is 48.2 Å². The highest BCUT2D eigenvalue weighted by Gasteiger charge is 2.31. The Labute approximate surface area is 173 Å². The normalized spacial score (nSPS) is 15.7. The third-order valence-corrected chi connectivity index (χ3v) is 6.33.